The fraction of sp³-hybridized carbons (Fsp3) is 0.474. The largest absolute Gasteiger partial charge is 0.487 e. The van der Waals surface area contributed by atoms with Crippen LogP contribution < -0.4 is 4.74 Å². The number of carbonyl (C=O) groups is 2. The van der Waals surface area contributed by atoms with Gasteiger partial charge in [-0.1, -0.05) is 0 Å². The molecule has 0 radical (unpaired) electrons. The molecule has 4 rings (SSSR count). The van der Waals surface area contributed by atoms with Crippen LogP contribution in [0.3, 0.4) is 0 Å². The Labute approximate surface area is 156 Å². The quantitative estimate of drug-likeness (QED) is 0.889. The van der Waals surface area contributed by atoms with Crippen LogP contribution in [0, 0.1) is 0 Å². The van der Waals surface area contributed by atoms with Gasteiger partial charge in [-0.05, 0) is 25.0 Å². The molecule has 0 saturated carbocycles. The maximum atomic E-state index is 11.3. The van der Waals surface area contributed by atoms with Crippen molar-refractivity contribution in [1.82, 2.24) is 19.8 Å². The summed E-state index contributed by atoms with van der Waals surface area (Å²) < 4.78 is 5.94. The highest BCUT2D eigenvalue weighted by Crippen LogP contribution is 2.32. The van der Waals surface area contributed by atoms with Gasteiger partial charge in [0.1, 0.15) is 18.2 Å². The normalized spacial score (nSPS) is 18.4. The highest BCUT2D eigenvalue weighted by Gasteiger charge is 2.30. The molecule has 0 aliphatic carbocycles. The molecule has 0 atom stereocenters. The molecular weight excluding hydrogens is 348 g/mol. The number of rotatable bonds is 3. The van der Waals surface area contributed by atoms with E-state index in [9.17, 15) is 9.59 Å². The molecule has 0 unspecified atom stereocenters. The van der Waals surface area contributed by atoms with Crippen LogP contribution in [0.1, 0.15) is 31.4 Å². The zero-order chi connectivity index (χ0) is 19.0. The van der Waals surface area contributed by atoms with Crippen LogP contribution in [0.25, 0.3) is 10.9 Å². The number of hydrogen-bond acceptors (Lipinski definition) is 5. The fourth-order valence-corrected chi connectivity index (χ4v) is 3.76. The van der Waals surface area contributed by atoms with Crippen molar-refractivity contribution < 1.29 is 19.4 Å². The number of carbonyl (C=O) groups excluding carboxylic acids is 1. The Bertz CT molecular complexity index is 873. The monoisotopic (exact) mass is 370 g/mol. The lowest BCUT2D eigenvalue weighted by atomic mass is 9.91. The number of ether oxygens (including phenoxy) is 1. The summed E-state index contributed by atoms with van der Waals surface area (Å²) in [5.41, 5.74) is 1.80. The van der Waals surface area contributed by atoms with Crippen LogP contribution in [0.5, 0.6) is 5.75 Å². The molecule has 0 spiro atoms. The van der Waals surface area contributed by atoms with E-state index >= 15 is 0 Å². The van der Waals surface area contributed by atoms with Gasteiger partial charge < -0.3 is 19.6 Å². The van der Waals surface area contributed by atoms with Crippen molar-refractivity contribution in [3.05, 3.63) is 30.2 Å². The molecule has 1 aromatic carbocycles. The molecule has 8 heteroatoms. The SMILES string of the molecule is CC(=O)N1CC(Oc2ccc3c(C4CCN(C(=O)O)CC4)ncnc3c2)C1. The van der Waals surface area contributed by atoms with Crippen LogP contribution in [0.2, 0.25) is 0 Å². The second-order valence-corrected chi connectivity index (χ2v) is 7.15. The van der Waals surface area contributed by atoms with Gasteiger partial charge in [-0.3, -0.25) is 4.79 Å². The Kier molecular flexibility index (Phi) is 4.55. The number of fused-ring (bicyclic) bond motifs is 1. The van der Waals surface area contributed by atoms with E-state index in [1.165, 1.54) is 4.90 Å². The van der Waals surface area contributed by atoms with E-state index in [4.69, 9.17) is 9.84 Å². The fourth-order valence-electron chi connectivity index (χ4n) is 3.76. The smallest absolute Gasteiger partial charge is 0.407 e. The summed E-state index contributed by atoms with van der Waals surface area (Å²) in [6, 6.07) is 5.80. The predicted molar refractivity (Wildman–Crippen MR) is 97.8 cm³/mol. The molecule has 8 nitrogen and oxygen atoms in total. The summed E-state index contributed by atoms with van der Waals surface area (Å²) in [6.07, 6.45) is 2.25. The number of hydrogen-bond donors (Lipinski definition) is 1. The Morgan fingerprint density at radius 2 is 1.89 bits per heavy atom. The third-order valence-corrected chi connectivity index (χ3v) is 5.39. The summed E-state index contributed by atoms with van der Waals surface area (Å²) in [5.74, 6) is 1.04. The molecule has 2 aliphatic rings. The lowest BCUT2D eigenvalue weighted by Gasteiger charge is -2.38. The number of carboxylic acid groups (broad SMARTS) is 1. The first-order chi connectivity index (χ1) is 13.0. The lowest BCUT2D eigenvalue weighted by molar-refractivity contribution is -0.137. The van der Waals surface area contributed by atoms with E-state index in [-0.39, 0.29) is 17.9 Å². The molecule has 2 aliphatic heterocycles. The minimum absolute atomic E-state index is 0.0213. The summed E-state index contributed by atoms with van der Waals surface area (Å²) in [4.78, 5) is 34.4. The van der Waals surface area contributed by atoms with Gasteiger partial charge in [-0.2, -0.15) is 0 Å². The summed E-state index contributed by atoms with van der Waals surface area (Å²) in [7, 11) is 0. The molecule has 2 fully saturated rings. The Morgan fingerprint density at radius 3 is 2.56 bits per heavy atom. The minimum atomic E-state index is -0.859. The number of benzene rings is 1. The number of amides is 2. The zero-order valence-corrected chi connectivity index (χ0v) is 15.2. The van der Waals surface area contributed by atoms with Gasteiger partial charge in [-0.25, -0.2) is 14.8 Å². The number of aromatic nitrogens is 2. The average Bonchev–Trinajstić information content (AvgIpc) is 2.63. The van der Waals surface area contributed by atoms with E-state index in [0.717, 1.165) is 35.2 Å². The third kappa shape index (κ3) is 3.51. The first kappa shape index (κ1) is 17.5. The van der Waals surface area contributed by atoms with Gasteiger partial charge in [0.15, 0.2) is 0 Å². The number of nitrogens with zero attached hydrogens (tertiary/aromatic N) is 4. The minimum Gasteiger partial charge on any atom is -0.487 e. The maximum absolute atomic E-state index is 11.3. The van der Waals surface area contributed by atoms with Gasteiger partial charge in [-0.15, -0.1) is 0 Å². The highest BCUT2D eigenvalue weighted by molar-refractivity contribution is 5.82. The van der Waals surface area contributed by atoms with Crippen LogP contribution in [-0.2, 0) is 4.79 Å². The van der Waals surface area contributed by atoms with Crippen LogP contribution >= 0.6 is 0 Å². The Hall–Kier alpha value is -2.90. The molecule has 142 valence electrons. The highest BCUT2D eigenvalue weighted by atomic mass is 16.5. The molecular formula is C19H22N4O4. The molecule has 3 heterocycles. The third-order valence-electron chi connectivity index (χ3n) is 5.39. The van der Waals surface area contributed by atoms with E-state index in [2.05, 4.69) is 9.97 Å². The molecule has 2 aromatic rings. The molecule has 2 saturated heterocycles. The molecule has 2 amide bonds. The maximum Gasteiger partial charge on any atom is 0.407 e. The summed E-state index contributed by atoms with van der Waals surface area (Å²) >= 11 is 0. The van der Waals surface area contributed by atoms with Crippen molar-refractivity contribution in [3.63, 3.8) is 0 Å². The van der Waals surface area contributed by atoms with Crippen LogP contribution in [0.15, 0.2) is 24.5 Å². The average molecular weight is 370 g/mol. The molecule has 1 aromatic heterocycles. The van der Waals surface area contributed by atoms with Crippen molar-refractivity contribution in [2.24, 2.45) is 0 Å². The van der Waals surface area contributed by atoms with E-state index < -0.39 is 6.09 Å². The topological polar surface area (TPSA) is 95.9 Å². The molecule has 27 heavy (non-hydrogen) atoms. The zero-order valence-electron chi connectivity index (χ0n) is 15.2. The second kappa shape index (κ2) is 7.02. The molecule has 1 N–H and O–H groups in total. The van der Waals surface area contributed by atoms with Gasteiger partial charge in [0.2, 0.25) is 5.91 Å². The van der Waals surface area contributed by atoms with Crippen molar-refractivity contribution in [2.45, 2.75) is 31.8 Å². The second-order valence-electron chi connectivity index (χ2n) is 7.15. The van der Waals surface area contributed by atoms with Gasteiger partial charge in [0.25, 0.3) is 0 Å². The van der Waals surface area contributed by atoms with Crippen molar-refractivity contribution in [3.8, 4) is 5.75 Å². The Morgan fingerprint density at radius 1 is 1.15 bits per heavy atom. The van der Waals surface area contributed by atoms with E-state index in [1.54, 1.807) is 18.2 Å². The molecule has 0 bridgehead atoms. The Balaban J connectivity index is 1.48. The number of piperidine rings is 1. The first-order valence-corrected chi connectivity index (χ1v) is 9.16. The van der Waals surface area contributed by atoms with Crippen LogP contribution in [-0.4, -0.2) is 69.2 Å². The number of likely N-dealkylation sites (tertiary alicyclic amines) is 2. The first-order valence-electron chi connectivity index (χ1n) is 9.16. The summed E-state index contributed by atoms with van der Waals surface area (Å²) in [6.45, 7) is 3.85. The van der Waals surface area contributed by atoms with Crippen molar-refractivity contribution in [2.75, 3.05) is 26.2 Å². The van der Waals surface area contributed by atoms with E-state index in [1.807, 2.05) is 18.2 Å². The van der Waals surface area contributed by atoms with Gasteiger partial charge in [0.05, 0.1) is 24.3 Å². The van der Waals surface area contributed by atoms with Gasteiger partial charge in [0, 0.05) is 37.4 Å². The van der Waals surface area contributed by atoms with Crippen molar-refractivity contribution in [1.29, 1.82) is 0 Å². The van der Waals surface area contributed by atoms with Gasteiger partial charge >= 0.3 is 6.09 Å². The lowest BCUT2D eigenvalue weighted by Crippen LogP contribution is -2.55. The summed E-state index contributed by atoms with van der Waals surface area (Å²) in [5, 5.41) is 10.1. The van der Waals surface area contributed by atoms with Crippen LogP contribution in [0.4, 0.5) is 4.79 Å². The predicted octanol–water partition coefficient (Wildman–Crippen LogP) is 2.10. The van der Waals surface area contributed by atoms with Crippen molar-refractivity contribution >= 4 is 22.9 Å². The van der Waals surface area contributed by atoms with E-state index in [0.29, 0.717) is 26.2 Å². The standard InChI is InChI=1S/C19H22N4O4/c1-12(24)23-9-15(10-23)27-14-2-3-16-17(8-14)20-11-21-18(16)13-4-6-22(7-5-13)19(25)26/h2-3,8,11,13,15H,4-7,9-10H2,1H3,(H,25,26).